The lowest BCUT2D eigenvalue weighted by atomic mass is 9.85. The van der Waals surface area contributed by atoms with Gasteiger partial charge in [-0.05, 0) is 44.9 Å². The monoisotopic (exact) mass is 790 g/mol. The summed E-state index contributed by atoms with van der Waals surface area (Å²) in [5.41, 5.74) is 0. The molecule has 0 heterocycles. The van der Waals surface area contributed by atoms with Gasteiger partial charge in [0.15, 0.2) is 0 Å². The summed E-state index contributed by atoms with van der Waals surface area (Å²) in [7, 11) is -5.02. The lowest BCUT2D eigenvalue weighted by Gasteiger charge is -2.41. The average Bonchev–Trinajstić information content (AvgIpc) is 3.15. The highest BCUT2D eigenvalue weighted by molar-refractivity contribution is 7.47. The van der Waals surface area contributed by atoms with E-state index in [9.17, 15) is 39.8 Å². The van der Waals surface area contributed by atoms with Crippen LogP contribution in [0.15, 0.2) is 36.5 Å². The van der Waals surface area contributed by atoms with Crippen molar-refractivity contribution in [1.82, 2.24) is 0 Å². The van der Waals surface area contributed by atoms with E-state index in [0.29, 0.717) is 13.0 Å². The van der Waals surface area contributed by atoms with Gasteiger partial charge in [0.05, 0.1) is 13.2 Å². The molecule has 6 N–H and O–H groups in total. The predicted molar refractivity (Wildman–Crippen MR) is 212 cm³/mol. The van der Waals surface area contributed by atoms with Gasteiger partial charge in [-0.15, -0.1) is 0 Å². The molecule has 1 aliphatic rings. The van der Waals surface area contributed by atoms with Gasteiger partial charge >= 0.3 is 13.8 Å². The Balaban J connectivity index is 2.46. The lowest BCUT2D eigenvalue weighted by molar-refractivity contribution is -0.220. The van der Waals surface area contributed by atoms with Crippen molar-refractivity contribution in [3.63, 3.8) is 0 Å². The number of allylic oxidation sites excluding steroid dienone is 6. The molecular weight excluding hydrogens is 715 g/mol. The number of aliphatic hydroxyl groups is 5. The highest BCUT2D eigenvalue weighted by Crippen LogP contribution is 2.47. The second kappa shape index (κ2) is 32.6. The Hall–Kier alpha value is -1.44. The molecule has 6 unspecified atom stereocenters. The Labute approximate surface area is 325 Å². The van der Waals surface area contributed by atoms with Crippen molar-refractivity contribution >= 4 is 13.8 Å². The van der Waals surface area contributed by atoms with Crippen LogP contribution in [0.3, 0.4) is 0 Å². The number of hydrogen-bond acceptors (Lipinski definition) is 11. The number of carbonyl (C=O) groups is 1. The van der Waals surface area contributed by atoms with Gasteiger partial charge in [0.2, 0.25) is 0 Å². The Kier molecular flexibility index (Phi) is 30.6. The normalized spacial score (nSPS) is 23.8. The second-order valence-electron chi connectivity index (χ2n) is 14.5. The van der Waals surface area contributed by atoms with Crippen LogP contribution in [0.4, 0.5) is 0 Å². The third-order valence-electron chi connectivity index (χ3n) is 9.53. The molecule has 1 saturated carbocycles. The first-order valence-electron chi connectivity index (χ1n) is 20.8. The van der Waals surface area contributed by atoms with Crippen LogP contribution in [0.1, 0.15) is 155 Å². The summed E-state index contributed by atoms with van der Waals surface area (Å²) in [6.07, 6.45) is 23.6. The van der Waals surface area contributed by atoms with Crippen LogP contribution in [0.5, 0.6) is 0 Å². The van der Waals surface area contributed by atoms with Gasteiger partial charge in [-0.25, -0.2) is 4.57 Å². The van der Waals surface area contributed by atoms with Crippen molar-refractivity contribution in [2.75, 3.05) is 19.8 Å². The molecule has 0 radical (unpaired) electrons. The predicted octanol–water partition coefficient (Wildman–Crippen LogP) is 7.53. The highest BCUT2D eigenvalue weighted by atomic mass is 31.2. The molecule has 0 bridgehead atoms. The number of carbonyl (C=O) groups excluding carboxylic acids is 1. The van der Waals surface area contributed by atoms with Gasteiger partial charge in [0.1, 0.15) is 42.7 Å². The molecule has 12 nitrogen and oxygen atoms in total. The Morgan fingerprint density at radius 3 is 1.67 bits per heavy atom. The number of esters is 1. The van der Waals surface area contributed by atoms with E-state index in [1.807, 2.05) is 0 Å². The van der Waals surface area contributed by atoms with Crippen LogP contribution < -0.4 is 0 Å². The van der Waals surface area contributed by atoms with Crippen LogP contribution in [-0.2, 0) is 27.9 Å². The fourth-order valence-corrected chi connectivity index (χ4v) is 7.16. The molecule has 0 amide bonds. The highest BCUT2D eigenvalue weighted by Gasteiger charge is 2.51. The van der Waals surface area contributed by atoms with Gasteiger partial charge < -0.3 is 39.9 Å². The molecule has 0 aromatic rings. The van der Waals surface area contributed by atoms with E-state index in [1.54, 1.807) is 0 Å². The minimum atomic E-state index is -5.02. The standard InChI is InChI=1S/C41H75O12P/c1-3-5-7-9-11-13-15-17-19-21-23-25-27-29-31-50-32-34(33-51-54(48,49)53-41-39(46)37(44)36(43)38(45)40(41)47)52-35(42)30-28-26-24-22-20-18-16-14-12-10-8-6-4-2/h5,7,11,13,17,19,34,36-41,43-47H,3-4,6,8-10,12,14-16,18,20-33H2,1-2H3,(H,48,49)/b7-5-,13-11-,19-17-. The smallest absolute Gasteiger partial charge is 0.457 e. The first-order chi connectivity index (χ1) is 26.0. The first-order valence-corrected chi connectivity index (χ1v) is 22.3. The average molecular weight is 791 g/mol. The summed E-state index contributed by atoms with van der Waals surface area (Å²) < 4.78 is 34.0. The van der Waals surface area contributed by atoms with Gasteiger partial charge in [0, 0.05) is 13.0 Å². The Morgan fingerprint density at radius 2 is 1.09 bits per heavy atom. The zero-order valence-electron chi connectivity index (χ0n) is 33.3. The van der Waals surface area contributed by atoms with Crippen LogP contribution >= 0.6 is 7.82 Å². The molecule has 0 aliphatic heterocycles. The lowest BCUT2D eigenvalue weighted by Crippen LogP contribution is -2.64. The van der Waals surface area contributed by atoms with E-state index >= 15 is 0 Å². The molecule has 0 aromatic carbocycles. The minimum absolute atomic E-state index is 0.0901. The topological polar surface area (TPSA) is 192 Å². The van der Waals surface area contributed by atoms with E-state index in [2.05, 4.69) is 50.3 Å². The number of aliphatic hydroxyl groups excluding tert-OH is 5. The zero-order chi connectivity index (χ0) is 39.9. The number of phosphoric ester groups is 1. The minimum Gasteiger partial charge on any atom is -0.457 e. The summed E-state index contributed by atoms with van der Waals surface area (Å²) in [6.45, 7) is 4.08. The van der Waals surface area contributed by atoms with Crippen molar-refractivity contribution in [2.45, 2.75) is 198 Å². The SMILES string of the molecule is CC/C=C\C/C=C\C/C=C\CCCCCCOCC(COP(=O)(O)OC1C(O)C(O)C(O)C(O)C1O)OC(=O)CCCCCCCCCCCCCCC. The van der Waals surface area contributed by atoms with E-state index in [0.717, 1.165) is 70.6 Å². The Bertz CT molecular complexity index is 1040. The zero-order valence-corrected chi connectivity index (χ0v) is 34.2. The molecule has 0 aromatic heterocycles. The Morgan fingerprint density at radius 1 is 0.611 bits per heavy atom. The van der Waals surface area contributed by atoms with Gasteiger partial charge in [-0.1, -0.05) is 140 Å². The molecule has 54 heavy (non-hydrogen) atoms. The van der Waals surface area contributed by atoms with Gasteiger partial charge in [0.25, 0.3) is 0 Å². The van der Waals surface area contributed by atoms with E-state index in [4.69, 9.17) is 18.5 Å². The summed E-state index contributed by atoms with van der Waals surface area (Å²) in [5, 5.41) is 50.0. The molecule has 1 fully saturated rings. The number of hydrogen-bond donors (Lipinski definition) is 6. The summed E-state index contributed by atoms with van der Waals surface area (Å²) in [4.78, 5) is 23.0. The quantitative estimate of drug-likeness (QED) is 0.0163. The number of rotatable bonds is 34. The molecular formula is C41H75O12P. The molecule has 6 atom stereocenters. The largest absolute Gasteiger partial charge is 0.472 e. The molecule has 13 heteroatoms. The summed E-state index contributed by atoms with van der Waals surface area (Å²) in [5.74, 6) is -0.487. The van der Waals surface area contributed by atoms with Crippen LogP contribution in [0, 0.1) is 0 Å². The van der Waals surface area contributed by atoms with Crippen molar-refractivity contribution in [3.05, 3.63) is 36.5 Å². The second-order valence-corrected chi connectivity index (χ2v) is 15.9. The van der Waals surface area contributed by atoms with E-state index < -0.39 is 63.1 Å². The van der Waals surface area contributed by atoms with Crippen molar-refractivity contribution < 1.29 is 58.3 Å². The van der Waals surface area contributed by atoms with E-state index in [-0.39, 0.29) is 13.0 Å². The van der Waals surface area contributed by atoms with Gasteiger partial charge in [-0.2, -0.15) is 0 Å². The molecule has 1 rings (SSSR count). The first kappa shape index (κ1) is 50.6. The van der Waals surface area contributed by atoms with Crippen molar-refractivity contribution in [2.24, 2.45) is 0 Å². The summed E-state index contributed by atoms with van der Waals surface area (Å²) >= 11 is 0. The number of phosphoric acid groups is 1. The number of ether oxygens (including phenoxy) is 2. The van der Waals surface area contributed by atoms with Crippen molar-refractivity contribution in [1.29, 1.82) is 0 Å². The summed E-state index contributed by atoms with van der Waals surface area (Å²) in [6, 6.07) is 0. The maximum Gasteiger partial charge on any atom is 0.472 e. The fourth-order valence-electron chi connectivity index (χ4n) is 6.19. The van der Waals surface area contributed by atoms with Crippen LogP contribution in [-0.4, -0.2) is 98.9 Å². The number of unbranched alkanes of at least 4 members (excludes halogenated alkanes) is 16. The maximum atomic E-state index is 12.8. The van der Waals surface area contributed by atoms with Gasteiger partial charge in [-0.3, -0.25) is 13.8 Å². The maximum absolute atomic E-state index is 12.8. The molecule has 0 spiro atoms. The third kappa shape index (κ3) is 24.9. The van der Waals surface area contributed by atoms with E-state index in [1.165, 1.54) is 57.8 Å². The van der Waals surface area contributed by atoms with Crippen molar-refractivity contribution in [3.8, 4) is 0 Å². The molecule has 316 valence electrons. The molecule has 0 saturated heterocycles. The van der Waals surface area contributed by atoms with Crippen LogP contribution in [0.25, 0.3) is 0 Å². The third-order valence-corrected chi connectivity index (χ3v) is 10.5. The fraction of sp³-hybridized carbons (Fsp3) is 0.829. The molecule has 1 aliphatic carbocycles. The van der Waals surface area contributed by atoms with Crippen LogP contribution in [0.2, 0.25) is 0 Å².